The number of carbonyl (C=O) groups excluding carboxylic acids is 1. The van der Waals surface area contributed by atoms with Crippen molar-refractivity contribution in [2.45, 2.75) is 38.4 Å². The van der Waals surface area contributed by atoms with E-state index in [0.29, 0.717) is 6.42 Å². The number of alkyl halides is 3. The molecule has 6 heteroatoms. The number of halogens is 3. The van der Waals surface area contributed by atoms with Gasteiger partial charge in [0.15, 0.2) is 0 Å². The van der Waals surface area contributed by atoms with E-state index in [2.05, 4.69) is 5.32 Å². The van der Waals surface area contributed by atoms with E-state index in [4.69, 9.17) is 4.74 Å². The van der Waals surface area contributed by atoms with E-state index >= 15 is 0 Å². The predicted molar refractivity (Wildman–Crippen MR) is 73.9 cm³/mol. The molecule has 0 aliphatic rings. The molecule has 0 fully saturated rings. The van der Waals surface area contributed by atoms with Gasteiger partial charge in [-0.2, -0.15) is 13.2 Å². The first-order valence-electron chi connectivity index (χ1n) is 6.80. The Kier molecular flexibility index (Phi) is 6.20. The Morgan fingerprint density at radius 3 is 2.38 bits per heavy atom. The van der Waals surface area contributed by atoms with Crippen LogP contribution < -0.4 is 5.32 Å². The van der Waals surface area contributed by atoms with Gasteiger partial charge >= 0.3 is 12.1 Å². The molecule has 1 atom stereocenters. The fourth-order valence-electron chi connectivity index (χ4n) is 1.89. The van der Waals surface area contributed by atoms with Crippen molar-refractivity contribution in [1.82, 2.24) is 5.32 Å². The molecule has 1 N–H and O–H groups in total. The summed E-state index contributed by atoms with van der Waals surface area (Å²) in [4.78, 5) is 12.0. The van der Waals surface area contributed by atoms with Crippen LogP contribution in [0.1, 0.15) is 25.8 Å². The van der Waals surface area contributed by atoms with Crippen LogP contribution in [0, 0.1) is 0 Å². The minimum Gasteiger partial charge on any atom is -0.465 e. The van der Waals surface area contributed by atoms with E-state index in [1.165, 1.54) is 6.92 Å². The molecular formula is C15H20F3NO2. The molecule has 1 aromatic carbocycles. The summed E-state index contributed by atoms with van der Waals surface area (Å²) in [6.07, 6.45) is -3.66. The van der Waals surface area contributed by atoms with Gasteiger partial charge in [0.1, 0.15) is 5.54 Å². The molecule has 1 unspecified atom stereocenters. The first kappa shape index (κ1) is 17.5. The Morgan fingerprint density at radius 1 is 1.24 bits per heavy atom. The van der Waals surface area contributed by atoms with E-state index in [1.54, 1.807) is 6.92 Å². The highest BCUT2D eigenvalue weighted by Gasteiger charge is 2.38. The normalized spacial score (nSPS) is 14.5. The second-order valence-corrected chi connectivity index (χ2v) is 5.01. The van der Waals surface area contributed by atoms with Gasteiger partial charge in [-0.05, 0) is 32.3 Å². The Morgan fingerprint density at radius 2 is 1.86 bits per heavy atom. The van der Waals surface area contributed by atoms with Crippen LogP contribution in [0.4, 0.5) is 13.2 Å². The number of hydrogen-bond acceptors (Lipinski definition) is 3. The number of hydrogen-bond donors (Lipinski definition) is 1. The Labute approximate surface area is 122 Å². The minimum atomic E-state index is -4.37. The quantitative estimate of drug-likeness (QED) is 0.787. The Hall–Kier alpha value is -1.56. The maximum atomic E-state index is 12.4. The molecule has 1 aromatic rings. The first-order valence-corrected chi connectivity index (χ1v) is 6.80. The highest BCUT2D eigenvalue weighted by atomic mass is 19.4. The second-order valence-electron chi connectivity index (χ2n) is 5.01. The van der Waals surface area contributed by atoms with Gasteiger partial charge in [-0.15, -0.1) is 0 Å². The van der Waals surface area contributed by atoms with Gasteiger partial charge in [-0.25, -0.2) is 0 Å². The lowest BCUT2D eigenvalue weighted by molar-refractivity contribution is -0.155. The number of esters is 1. The van der Waals surface area contributed by atoms with Crippen LogP contribution in [0.25, 0.3) is 0 Å². The Balaban J connectivity index is 2.73. The van der Waals surface area contributed by atoms with Gasteiger partial charge in [0.25, 0.3) is 0 Å². The van der Waals surface area contributed by atoms with Crippen LogP contribution in [0.2, 0.25) is 0 Å². The molecule has 21 heavy (non-hydrogen) atoms. The zero-order valence-electron chi connectivity index (χ0n) is 12.2. The summed E-state index contributed by atoms with van der Waals surface area (Å²) in [5.41, 5.74) is -0.400. The van der Waals surface area contributed by atoms with Crippen molar-refractivity contribution < 1.29 is 22.7 Å². The summed E-state index contributed by atoms with van der Waals surface area (Å²) < 4.78 is 42.0. The second kappa shape index (κ2) is 7.45. The molecule has 3 nitrogen and oxygen atoms in total. The molecule has 0 aromatic heterocycles. The van der Waals surface area contributed by atoms with Crippen molar-refractivity contribution in [2.75, 3.05) is 13.2 Å². The number of benzene rings is 1. The molecule has 0 aliphatic heterocycles. The fraction of sp³-hybridized carbons (Fsp3) is 0.533. The molecule has 0 spiro atoms. The lowest BCUT2D eigenvalue weighted by Crippen LogP contribution is -2.53. The van der Waals surface area contributed by atoms with E-state index < -0.39 is 24.2 Å². The van der Waals surface area contributed by atoms with Gasteiger partial charge < -0.3 is 4.74 Å². The molecule has 0 heterocycles. The zero-order valence-corrected chi connectivity index (χ0v) is 12.2. The van der Waals surface area contributed by atoms with Crippen LogP contribution in [-0.4, -0.2) is 30.8 Å². The van der Waals surface area contributed by atoms with Crippen LogP contribution >= 0.6 is 0 Å². The largest absolute Gasteiger partial charge is 0.465 e. The summed E-state index contributed by atoms with van der Waals surface area (Å²) in [7, 11) is 0. The van der Waals surface area contributed by atoms with E-state index in [1.807, 2.05) is 30.3 Å². The van der Waals surface area contributed by atoms with Crippen LogP contribution in [-0.2, 0) is 16.0 Å². The number of carbonyl (C=O) groups is 1. The SMILES string of the molecule is CCOC(=O)C(C)(CCc1ccccc1)NCC(F)(F)F. The molecule has 0 aliphatic carbocycles. The summed E-state index contributed by atoms with van der Waals surface area (Å²) in [5, 5.41) is 2.29. The molecule has 0 amide bonds. The third-order valence-electron chi connectivity index (χ3n) is 3.16. The smallest absolute Gasteiger partial charge is 0.401 e. The third kappa shape index (κ3) is 6.16. The maximum absolute atomic E-state index is 12.4. The van der Waals surface area contributed by atoms with Gasteiger partial charge in [-0.1, -0.05) is 30.3 Å². The summed E-state index contributed by atoms with van der Waals surface area (Å²) >= 11 is 0. The maximum Gasteiger partial charge on any atom is 0.401 e. The molecule has 118 valence electrons. The van der Waals surface area contributed by atoms with Crippen molar-refractivity contribution >= 4 is 5.97 Å². The number of ether oxygens (including phenoxy) is 1. The monoisotopic (exact) mass is 303 g/mol. The summed E-state index contributed by atoms with van der Waals surface area (Å²) in [6, 6.07) is 9.29. The minimum absolute atomic E-state index is 0.132. The van der Waals surface area contributed by atoms with Gasteiger partial charge in [0.2, 0.25) is 0 Å². The van der Waals surface area contributed by atoms with Gasteiger partial charge in [0.05, 0.1) is 13.2 Å². The number of rotatable bonds is 7. The highest BCUT2D eigenvalue weighted by Crippen LogP contribution is 2.20. The molecule has 0 bridgehead atoms. The summed E-state index contributed by atoms with van der Waals surface area (Å²) in [6.45, 7) is 1.98. The predicted octanol–water partition coefficient (Wildman–Crippen LogP) is 3.09. The van der Waals surface area contributed by atoms with Crippen molar-refractivity contribution in [3.05, 3.63) is 35.9 Å². The Bertz CT molecular complexity index is 448. The van der Waals surface area contributed by atoms with Gasteiger partial charge in [-0.3, -0.25) is 10.1 Å². The van der Waals surface area contributed by atoms with E-state index in [-0.39, 0.29) is 13.0 Å². The third-order valence-corrected chi connectivity index (χ3v) is 3.16. The van der Waals surface area contributed by atoms with E-state index in [0.717, 1.165) is 5.56 Å². The molecule has 0 saturated carbocycles. The van der Waals surface area contributed by atoms with Gasteiger partial charge in [0, 0.05) is 0 Å². The molecule has 0 radical (unpaired) electrons. The molecule has 0 saturated heterocycles. The van der Waals surface area contributed by atoms with Crippen molar-refractivity contribution in [1.29, 1.82) is 0 Å². The van der Waals surface area contributed by atoms with Crippen molar-refractivity contribution in [3.8, 4) is 0 Å². The molecular weight excluding hydrogens is 283 g/mol. The van der Waals surface area contributed by atoms with Crippen molar-refractivity contribution in [2.24, 2.45) is 0 Å². The fourth-order valence-corrected chi connectivity index (χ4v) is 1.89. The van der Waals surface area contributed by atoms with Crippen molar-refractivity contribution in [3.63, 3.8) is 0 Å². The number of aryl methyl sites for hydroxylation is 1. The standard InChI is InChI=1S/C15H20F3NO2/c1-3-21-13(20)14(2,19-11-15(16,17)18)10-9-12-7-5-4-6-8-12/h4-8,19H,3,9-11H2,1-2H3. The first-order chi connectivity index (χ1) is 9.77. The van der Waals surface area contributed by atoms with Crippen LogP contribution in [0.3, 0.4) is 0 Å². The lowest BCUT2D eigenvalue weighted by atomic mass is 9.93. The average Bonchev–Trinajstić information content (AvgIpc) is 2.43. The summed E-state index contributed by atoms with van der Waals surface area (Å²) in [5.74, 6) is -0.662. The topological polar surface area (TPSA) is 38.3 Å². The van der Waals surface area contributed by atoms with E-state index in [9.17, 15) is 18.0 Å². The van der Waals surface area contributed by atoms with Crippen LogP contribution in [0.15, 0.2) is 30.3 Å². The zero-order chi connectivity index (χ0) is 15.9. The number of nitrogens with one attached hydrogen (secondary N) is 1. The van der Waals surface area contributed by atoms with Crippen LogP contribution in [0.5, 0.6) is 0 Å². The lowest BCUT2D eigenvalue weighted by Gasteiger charge is -2.29. The average molecular weight is 303 g/mol. The highest BCUT2D eigenvalue weighted by molar-refractivity contribution is 5.80. The molecule has 1 rings (SSSR count).